The zero-order chi connectivity index (χ0) is 15.6. The molecule has 0 aliphatic heterocycles. The normalized spacial score (nSPS) is 11.8. The molecule has 2 heterocycles. The predicted molar refractivity (Wildman–Crippen MR) is 75.6 cm³/mol. The molecule has 0 saturated heterocycles. The van der Waals surface area contributed by atoms with Crippen LogP contribution in [0.4, 0.5) is 0 Å². The minimum Gasteiger partial charge on any atom is -0.465 e. The molecule has 0 atom stereocenters. The van der Waals surface area contributed by atoms with Gasteiger partial charge in [-0.05, 0) is 19.1 Å². The molecular weight excluding hydrogens is 316 g/mol. The van der Waals surface area contributed by atoms with Crippen molar-refractivity contribution in [1.82, 2.24) is 9.29 Å². The molecule has 0 aromatic carbocycles. The van der Waals surface area contributed by atoms with E-state index < -0.39 is 16.0 Å². The molecule has 0 aliphatic carbocycles. The predicted octanol–water partition coefficient (Wildman–Crippen LogP) is 1.65. The molecule has 114 valence electrons. The Balaban J connectivity index is 2.29. The van der Waals surface area contributed by atoms with E-state index in [0.29, 0.717) is 11.5 Å². The van der Waals surface area contributed by atoms with E-state index in [0.717, 1.165) is 15.6 Å². The lowest BCUT2D eigenvalue weighted by atomic mass is 10.4. The van der Waals surface area contributed by atoms with Gasteiger partial charge in [0.05, 0.1) is 19.2 Å². The van der Waals surface area contributed by atoms with Crippen LogP contribution < -0.4 is 0 Å². The first-order valence-electron chi connectivity index (χ1n) is 5.89. The highest BCUT2D eigenvalue weighted by molar-refractivity contribution is 7.91. The number of carbonyl (C=O) groups excluding carboxylic acids is 1. The average Bonchev–Trinajstić information content (AvgIpc) is 3.07. The van der Waals surface area contributed by atoms with Crippen molar-refractivity contribution in [3.8, 4) is 0 Å². The largest absolute Gasteiger partial charge is 0.465 e. The molecular formula is C12H14N2O5S2. The SMILES string of the molecule is COC(=O)c1ncsc1S(=O)(=O)N(C)Cc1ccc(C)o1. The molecule has 0 saturated carbocycles. The molecule has 0 amide bonds. The van der Waals surface area contributed by atoms with Crippen LogP contribution in [-0.2, 0) is 21.3 Å². The van der Waals surface area contributed by atoms with E-state index in [1.165, 1.54) is 19.7 Å². The lowest BCUT2D eigenvalue weighted by Gasteiger charge is -2.15. The Hall–Kier alpha value is -1.71. The third-order valence-electron chi connectivity index (χ3n) is 2.73. The zero-order valence-electron chi connectivity index (χ0n) is 11.7. The topological polar surface area (TPSA) is 89.7 Å². The number of furan rings is 1. The zero-order valence-corrected chi connectivity index (χ0v) is 13.3. The van der Waals surface area contributed by atoms with Crippen LogP contribution in [0.1, 0.15) is 22.0 Å². The molecule has 0 radical (unpaired) electrons. The van der Waals surface area contributed by atoms with Crippen molar-refractivity contribution in [2.24, 2.45) is 0 Å². The number of nitrogens with zero attached hydrogens (tertiary/aromatic N) is 2. The Kier molecular flexibility index (Phi) is 4.45. The smallest absolute Gasteiger partial charge is 0.358 e. The molecule has 0 unspecified atom stereocenters. The van der Waals surface area contributed by atoms with Crippen LogP contribution in [0.25, 0.3) is 0 Å². The van der Waals surface area contributed by atoms with Gasteiger partial charge in [-0.25, -0.2) is 18.2 Å². The van der Waals surface area contributed by atoms with Crippen molar-refractivity contribution >= 4 is 27.3 Å². The molecule has 0 fully saturated rings. The number of hydrogen-bond donors (Lipinski definition) is 0. The summed E-state index contributed by atoms with van der Waals surface area (Å²) in [6, 6.07) is 3.46. The van der Waals surface area contributed by atoms with Crippen LogP contribution in [0.3, 0.4) is 0 Å². The minimum absolute atomic E-state index is 0.0642. The van der Waals surface area contributed by atoms with E-state index >= 15 is 0 Å². The number of methoxy groups -OCH3 is 1. The summed E-state index contributed by atoms with van der Waals surface area (Å²) in [5.74, 6) is 0.434. The van der Waals surface area contributed by atoms with Crippen molar-refractivity contribution in [3.05, 3.63) is 34.9 Å². The number of sulfonamides is 1. The van der Waals surface area contributed by atoms with Gasteiger partial charge in [0.2, 0.25) is 0 Å². The van der Waals surface area contributed by atoms with Crippen LogP contribution in [0.2, 0.25) is 0 Å². The van der Waals surface area contributed by atoms with E-state index in [1.807, 2.05) is 0 Å². The summed E-state index contributed by atoms with van der Waals surface area (Å²) in [5.41, 5.74) is 1.09. The highest BCUT2D eigenvalue weighted by Crippen LogP contribution is 2.25. The summed E-state index contributed by atoms with van der Waals surface area (Å²) in [5, 5.41) is 0. The van der Waals surface area contributed by atoms with E-state index in [9.17, 15) is 13.2 Å². The molecule has 2 rings (SSSR count). The van der Waals surface area contributed by atoms with Crippen molar-refractivity contribution in [3.63, 3.8) is 0 Å². The maximum Gasteiger partial charge on any atom is 0.358 e. The summed E-state index contributed by atoms with van der Waals surface area (Å²) >= 11 is 0.872. The van der Waals surface area contributed by atoms with E-state index in [1.54, 1.807) is 19.1 Å². The number of carbonyl (C=O) groups is 1. The van der Waals surface area contributed by atoms with Crippen molar-refractivity contribution in [1.29, 1.82) is 0 Å². The molecule has 9 heteroatoms. The summed E-state index contributed by atoms with van der Waals surface area (Å²) in [6.07, 6.45) is 0. The highest BCUT2D eigenvalue weighted by Gasteiger charge is 2.30. The molecule has 21 heavy (non-hydrogen) atoms. The molecule has 2 aromatic rings. The third-order valence-corrected chi connectivity index (χ3v) is 5.88. The molecule has 0 spiro atoms. The first-order valence-corrected chi connectivity index (χ1v) is 8.21. The standard InChI is InChI=1S/C12H14N2O5S2/c1-8-4-5-9(19-8)6-14(2)21(16,17)12-10(11(15)18-3)13-7-20-12/h4-5,7H,6H2,1-3H3. The van der Waals surface area contributed by atoms with Gasteiger partial charge < -0.3 is 9.15 Å². The Morgan fingerprint density at radius 3 is 2.76 bits per heavy atom. The molecule has 0 N–H and O–H groups in total. The van der Waals surface area contributed by atoms with Crippen molar-refractivity contribution in [2.45, 2.75) is 17.7 Å². The van der Waals surface area contributed by atoms with Gasteiger partial charge in [0, 0.05) is 7.05 Å². The Morgan fingerprint density at radius 1 is 1.48 bits per heavy atom. The summed E-state index contributed by atoms with van der Waals surface area (Å²) in [6.45, 7) is 1.84. The van der Waals surface area contributed by atoms with Crippen molar-refractivity contribution < 1.29 is 22.4 Å². The van der Waals surface area contributed by atoms with Crippen LogP contribution >= 0.6 is 11.3 Å². The molecule has 7 nitrogen and oxygen atoms in total. The maximum absolute atomic E-state index is 12.5. The van der Waals surface area contributed by atoms with Gasteiger partial charge >= 0.3 is 5.97 Å². The maximum atomic E-state index is 12.5. The lowest BCUT2D eigenvalue weighted by molar-refractivity contribution is 0.0590. The van der Waals surface area contributed by atoms with Gasteiger partial charge in [-0.15, -0.1) is 11.3 Å². The van der Waals surface area contributed by atoms with E-state index in [-0.39, 0.29) is 16.4 Å². The fourth-order valence-electron chi connectivity index (χ4n) is 1.67. The number of thiazole rings is 1. The van der Waals surface area contributed by atoms with Crippen LogP contribution in [0, 0.1) is 6.92 Å². The Labute approximate surface area is 126 Å². The monoisotopic (exact) mass is 330 g/mol. The molecule has 0 aliphatic rings. The summed E-state index contributed by atoms with van der Waals surface area (Å²) < 4.78 is 35.8. The number of rotatable bonds is 5. The minimum atomic E-state index is -3.84. The van der Waals surface area contributed by atoms with Crippen molar-refractivity contribution in [2.75, 3.05) is 14.2 Å². The van der Waals surface area contributed by atoms with Gasteiger partial charge in [0.15, 0.2) is 9.90 Å². The van der Waals surface area contributed by atoms with Gasteiger partial charge in [-0.1, -0.05) is 0 Å². The number of esters is 1. The first-order chi connectivity index (χ1) is 9.86. The average molecular weight is 330 g/mol. The van der Waals surface area contributed by atoms with Crippen LogP contribution in [0.5, 0.6) is 0 Å². The summed E-state index contributed by atoms with van der Waals surface area (Å²) in [7, 11) is -1.26. The highest BCUT2D eigenvalue weighted by atomic mass is 32.2. The third kappa shape index (κ3) is 3.14. The number of hydrogen-bond acceptors (Lipinski definition) is 7. The van der Waals surface area contributed by atoms with Gasteiger partial charge in [0.1, 0.15) is 11.5 Å². The lowest BCUT2D eigenvalue weighted by Crippen LogP contribution is -2.27. The number of aryl methyl sites for hydroxylation is 1. The van der Waals surface area contributed by atoms with Gasteiger partial charge in [0.25, 0.3) is 10.0 Å². The van der Waals surface area contributed by atoms with Crippen LogP contribution in [0.15, 0.2) is 26.3 Å². The number of ether oxygens (including phenoxy) is 1. The Morgan fingerprint density at radius 2 is 2.19 bits per heavy atom. The molecule has 0 bridgehead atoms. The quantitative estimate of drug-likeness (QED) is 0.774. The summed E-state index contributed by atoms with van der Waals surface area (Å²) in [4.78, 5) is 15.3. The fourth-order valence-corrected chi connectivity index (χ4v) is 4.13. The second kappa shape index (κ2) is 5.96. The first kappa shape index (κ1) is 15.7. The second-order valence-corrected chi connectivity index (χ2v) is 7.35. The second-order valence-electron chi connectivity index (χ2n) is 4.25. The van der Waals surface area contributed by atoms with Gasteiger partial charge in [-0.2, -0.15) is 4.31 Å². The van der Waals surface area contributed by atoms with Crippen LogP contribution in [-0.4, -0.2) is 37.8 Å². The van der Waals surface area contributed by atoms with E-state index in [2.05, 4.69) is 9.72 Å². The molecule has 2 aromatic heterocycles. The number of aromatic nitrogens is 1. The van der Waals surface area contributed by atoms with Gasteiger partial charge in [-0.3, -0.25) is 0 Å². The fraction of sp³-hybridized carbons (Fsp3) is 0.333. The Bertz CT molecular complexity index is 747. The van der Waals surface area contributed by atoms with E-state index in [4.69, 9.17) is 4.42 Å².